The number of ketones is 1. The first kappa shape index (κ1) is 9.20. The van der Waals surface area contributed by atoms with Gasteiger partial charge >= 0.3 is 0 Å². The van der Waals surface area contributed by atoms with Crippen LogP contribution < -0.4 is 0 Å². The van der Waals surface area contributed by atoms with Gasteiger partial charge in [-0.15, -0.1) is 6.58 Å². The fourth-order valence-corrected chi connectivity index (χ4v) is 1.37. The van der Waals surface area contributed by atoms with E-state index in [1.165, 1.54) is 0 Å². The van der Waals surface area contributed by atoms with E-state index in [1.54, 1.807) is 6.08 Å². The number of allylic oxidation sites excluding steroid dienone is 2. The van der Waals surface area contributed by atoms with Crippen LogP contribution in [0.25, 0.3) is 0 Å². The van der Waals surface area contributed by atoms with E-state index in [4.69, 9.17) is 0 Å². The van der Waals surface area contributed by atoms with Crippen molar-refractivity contribution >= 4 is 5.78 Å². The smallest absolute Gasteiger partial charge is 0.161 e. The Balaban J connectivity index is 2.45. The number of hydrogen-bond donors (Lipinski definition) is 1. The number of hydrogen-bond acceptors (Lipinski definition) is 2. The molecular formula is C10H14O2. The van der Waals surface area contributed by atoms with Crippen LogP contribution in [0.15, 0.2) is 24.3 Å². The minimum atomic E-state index is -0.571. The number of carbonyl (C=O) groups excluding carboxylic acids is 1. The zero-order valence-electron chi connectivity index (χ0n) is 7.12. The SMILES string of the molecule is C=CCCC(O)C1=CCCC1=O. The van der Waals surface area contributed by atoms with E-state index in [2.05, 4.69) is 6.58 Å². The molecule has 2 heteroatoms. The molecule has 1 rings (SSSR count). The predicted molar refractivity (Wildman–Crippen MR) is 47.8 cm³/mol. The van der Waals surface area contributed by atoms with Gasteiger partial charge in [0.1, 0.15) is 0 Å². The summed E-state index contributed by atoms with van der Waals surface area (Å²) in [4.78, 5) is 11.1. The maximum Gasteiger partial charge on any atom is 0.161 e. The van der Waals surface area contributed by atoms with Crippen molar-refractivity contribution in [3.05, 3.63) is 24.3 Å². The molecular weight excluding hydrogens is 152 g/mol. The maximum atomic E-state index is 11.1. The topological polar surface area (TPSA) is 37.3 Å². The Kier molecular flexibility index (Phi) is 3.23. The fraction of sp³-hybridized carbons (Fsp3) is 0.500. The molecule has 12 heavy (non-hydrogen) atoms. The molecule has 0 heterocycles. The fourth-order valence-electron chi connectivity index (χ4n) is 1.37. The zero-order chi connectivity index (χ0) is 8.97. The molecule has 0 aliphatic heterocycles. The van der Waals surface area contributed by atoms with Crippen LogP contribution in [-0.4, -0.2) is 17.0 Å². The van der Waals surface area contributed by atoms with Crippen molar-refractivity contribution in [2.75, 3.05) is 0 Å². The van der Waals surface area contributed by atoms with Crippen LogP contribution in [-0.2, 0) is 4.79 Å². The van der Waals surface area contributed by atoms with Crippen molar-refractivity contribution in [2.24, 2.45) is 0 Å². The third-order valence-corrected chi connectivity index (χ3v) is 2.06. The molecule has 0 radical (unpaired) electrons. The van der Waals surface area contributed by atoms with Gasteiger partial charge < -0.3 is 5.11 Å². The summed E-state index contributed by atoms with van der Waals surface area (Å²) in [5.74, 6) is 0.103. The number of carbonyl (C=O) groups is 1. The maximum absolute atomic E-state index is 11.1. The monoisotopic (exact) mass is 166 g/mol. The Morgan fingerprint density at radius 1 is 1.75 bits per heavy atom. The van der Waals surface area contributed by atoms with Gasteiger partial charge in [-0.2, -0.15) is 0 Å². The average Bonchev–Trinajstić information content (AvgIpc) is 2.47. The Morgan fingerprint density at radius 3 is 3.00 bits per heavy atom. The molecule has 2 nitrogen and oxygen atoms in total. The Labute approximate surface area is 72.6 Å². The highest BCUT2D eigenvalue weighted by atomic mass is 16.3. The molecule has 0 aromatic heterocycles. The molecule has 66 valence electrons. The van der Waals surface area contributed by atoms with E-state index in [0.717, 1.165) is 12.8 Å². The molecule has 1 N–H and O–H groups in total. The van der Waals surface area contributed by atoms with Crippen LogP contribution in [0.2, 0.25) is 0 Å². The van der Waals surface area contributed by atoms with E-state index in [-0.39, 0.29) is 5.78 Å². The minimum Gasteiger partial charge on any atom is -0.388 e. The Bertz CT molecular complexity index is 216. The van der Waals surface area contributed by atoms with Crippen LogP contribution in [0.3, 0.4) is 0 Å². The molecule has 1 aliphatic rings. The first-order valence-electron chi connectivity index (χ1n) is 4.28. The Hall–Kier alpha value is -0.890. The van der Waals surface area contributed by atoms with Crippen molar-refractivity contribution in [1.29, 1.82) is 0 Å². The molecule has 0 spiro atoms. The lowest BCUT2D eigenvalue weighted by Gasteiger charge is -2.08. The summed E-state index contributed by atoms with van der Waals surface area (Å²) in [6.45, 7) is 3.56. The highest BCUT2D eigenvalue weighted by Gasteiger charge is 2.21. The van der Waals surface area contributed by atoms with Gasteiger partial charge in [0, 0.05) is 12.0 Å². The first-order chi connectivity index (χ1) is 5.75. The summed E-state index contributed by atoms with van der Waals surface area (Å²) in [6.07, 6.45) is 5.75. The van der Waals surface area contributed by atoms with E-state index < -0.39 is 6.10 Å². The van der Waals surface area contributed by atoms with Crippen LogP contribution in [0.4, 0.5) is 0 Å². The van der Waals surface area contributed by atoms with Gasteiger partial charge in [-0.05, 0) is 19.3 Å². The van der Waals surface area contributed by atoms with Gasteiger partial charge in [-0.3, -0.25) is 4.79 Å². The summed E-state index contributed by atoms with van der Waals surface area (Å²) in [6, 6.07) is 0. The Morgan fingerprint density at radius 2 is 2.50 bits per heavy atom. The van der Waals surface area contributed by atoms with Crippen LogP contribution in [0.5, 0.6) is 0 Å². The van der Waals surface area contributed by atoms with E-state index in [0.29, 0.717) is 18.4 Å². The third kappa shape index (κ3) is 2.05. The van der Waals surface area contributed by atoms with Gasteiger partial charge in [0.25, 0.3) is 0 Å². The molecule has 1 unspecified atom stereocenters. The second-order valence-corrected chi connectivity index (χ2v) is 3.00. The van der Waals surface area contributed by atoms with Crippen LogP contribution in [0, 0.1) is 0 Å². The summed E-state index contributed by atoms with van der Waals surface area (Å²) < 4.78 is 0. The molecule has 0 aromatic carbocycles. The summed E-state index contributed by atoms with van der Waals surface area (Å²) >= 11 is 0. The summed E-state index contributed by atoms with van der Waals surface area (Å²) in [5, 5.41) is 9.51. The van der Waals surface area contributed by atoms with Gasteiger partial charge in [0.2, 0.25) is 0 Å². The van der Waals surface area contributed by atoms with E-state index in [9.17, 15) is 9.90 Å². The van der Waals surface area contributed by atoms with E-state index in [1.807, 2.05) is 6.08 Å². The van der Waals surface area contributed by atoms with Crippen molar-refractivity contribution in [3.8, 4) is 0 Å². The molecule has 1 atom stereocenters. The highest BCUT2D eigenvalue weighted by Crippen LogP contribution is 2.19. The van der Waals surface area contributed by atoms with Gasteiger partial charge in [0.05, 0.1) is 6.10 Å². The largest absolute Gasteiger partial charge is 0.388 e. The van der Waals surface area contributed by atoms with Gasteiger partial charge in [-0.1, -0.05) is 12.2 Å². The quantitative estimate of drug-likeness (QED) is 0.644. The van der Waals surface area contributed by atoms with Crippen molar-refractivity contribution < 1.29 is 9.90 Å². The summed E-state index contributed by atoms with van der Waals surface area (Å²) in [7, 11) is 0. The molecule has 0 fully saturated rings. The summed E-state index contributed by atoms with van der Waals surface area (Å²) in [5.41, 5.74) is 0.608. The molecule has 0 amide bonds. The van der Waals surface area contributed by atoms with Crippen LogP contribution >= 0.6 is 0 Å². The molecule has 0 saturated carbocycles. The van der Waals surface area contributed by atoms with Crippen LogP contribution in [0.1, 0.15) is 25.7 Å². The highest BCUT2D eigenvalue weighted by molar-refractivity contribution is 5.98. The predicted octanol–water partition coefficient (Wildman–Crippen LogP) is 1.60. The van der Waals surface area contributed by atoms with Gasteiger partial charge in [-0.25, -0.2) is 0 Å². The standard InChI is InChI=1S/C10H14O2/c1-2-3-6-9(11)8-5-4-7-10(8)12/h2,5,9,11H,1,3-4,6-7H2. The van der Waals surface area contributed by atoms with Crippen molar-refractivity contribution in [2.45, 2.75) is 31.8 Å². The molecule has 0 aromatic rings. The lowest BCUT2D eigenvalue weighted by Crippen LogP contribution is -2.14. The minimum absolute atomic E-state index is 0.103. The van der Waals surface area contributed by atoms with Crippen molar-refractivity contribution in [3.63, 3.8) is 0 Å². The number of Topliss-reactive ketones (excluding diaryl/α,β-unsaturated/α-hetero) is 1. The first-order valence-corrected chi connectivity index (χ1v) is 4.28. The number of rotatable bonds is 4. The molecule has 1 aliphatic carbocycles. The lowest BCUT2D eigenvalue weighted by molar-refractivity contribution is -0.115. The second-order valence-electron chi connectivity index (χ2n) is 3.00. The third-order valence-electron chi connectivity index (χ3n) is 2.06. The lowest BCUT2D eigenvalue weighted by atomic mass is 10.0. The van der Waals surface area contributed by atoms with Gasteiger partial charge in [0.15, 0.2) is 5.78 Å². The molecule has 0 saturated heterocycles. The normalized spacial score (nSPS) is 19.1. The second kappa shape index (κ2) is 4.21. The van der Waals surface area contributed by atoms with E-state index >= 15 is 0 Å². The number of aliphatic hydroxyl groups is 1. The number of aliphatic hydroxyl groups excluding tert-OH is 1. The van der Waals surface area contributed by atoms with Crippen molar-refractivity contribution in [1.82, 2.24) is 0 Å². The average molecular weight is 166 g/mol. The molecule has 0 bridgehead atoms. The zero-order valence-corrected chi connectivity index (χ0v) is 7.12.